The number of nitrogens with zero attached hydrogens (tertiary/aromatic N) is 5. The molecule has 4 N–H and O–H groups in total. The lowest BCUT2D eigenvalue weighted by Crippen LogP contribution is -2.38. The Morgan fingerprint density at radius 3 is 1.58 bits per heavy atom. The number of hydrogen-bond donors (Lipinski definition) is 3. The van der Waals surface area contributed by atoms with E-state index in [1.165, 1.54) is 0 Å². The van der Waals surface area contributed by atoms with Crippen LogP contribution in [0.2, 0.25) is 0 Å². The molecule has 6 rings (SSSR count). The molecule has 0 spiro atoms. The van der Waals surface area contributed by atoms with Crippen molar-refractivity contribution < 1.29 is 23.6 Å². The van der Waals surface area contributed by atoms with E-state index in [9.17, 15) is 19.7 Å². The van der Waals surface area contributed by atoms with Gasteiger partial charge in [-0.3, -0.25) is 19.7 Å². The molecule has 14 heteroatoms. The maximum absolute atomic E-state index is 11.6. The van der Waals surface area contributed by atoms with E-state index in [4.69, 9.17) is 14.8 Å². The molecule has 0 aliphatic carbocycles. The SMILES string of the molecule is CC(=O)N1CCC(CNc2ccc(-c3c(C)noc3C)cc2N)CC1.CC(=O)N1CCC(CNc2ccc(-c3c(C)noc3C)cc2[N+](=O)[O-])CC1. The largest absolute Gasteiger partial charge is 0.397 e. The number of aryl methyl sites for hydroxylation is 4. The average Bonchev–Trinajstić information content (AvgIpc) is 3.65. The number of anilines is 3. The number of aromatic nitrogens is 2. The van der Waals surface area contributed by atoms with Crippen molar-refractivity contribution in [1.29, 1.82) is 0 Å². The van der Waals surface area contributed by atoms with Gasteiger partial charge in [-0.2, -0.15) is 0 Å². The standard InChI is InChI=1S/C19H24N4O4.C19H26N4O2/c1-12-19(13(2)27-21-12)16-4-5-17(18(10-16)23(25)26)20-11-15-6-8-22(9-7-15)14(3)24;1-12-19(13(2)25-22-12)16-4-5-18(17(20)10-16)21-11-15-6-8-23(9-7-15)14(3)24/h4-5,10,15,20H,6-9,11H2,1-3H3;4-5,10,15,21H,6-9,11,20H2,1-3H3. The number of benzene rings is 2. The Morgan fingerprint density at radius 1 is 0.769 bits per heavy atom. The van der Waals surface area contributed by atoms with E-state index in [-0.39, 0.29) is 22.4 Å². The third-order valence-corrected chi connectivity index (χ3v) is 10.2. The second-order valence-corrected chi connectivity index (χ2v) is 13.9. The smallest absolute Gasteiger partial charge is 0.292 e. The van der Waals surface area contributed by atoms with Crippen LogP contribution in [0.5, 0.6) is 0 Å². The highest BCUT2D eigenvalue weighted by molar-refractivity contribution is 5.78. The van der Waals surface area contributed by atoms with Crippen molar-refractivity contribution in [3.05, 3.63) is 69.4 Å². The van der Waals surface area contributed by atoms with Crippen molar-refractivity contribution in [3.63, 3.8) is 0 Å². The number of likely N-dealkylation sites (tertiary alicyclic amines) is 2. The van der Waals surface area contributed by atoms with E-state index in [0.29, 0.717) is 35.5 Å². The van der Waals surface area contributed by atoms with Gasteiger partial charge in [-0.25, -0.2) is 0 Å². The average molecular weight is 715 g/mol. The van der Waals surface area contributed by atoms with Crippen molar-refractivity contribution in [2.75, 3.05) is 55.6 Å². The lowest BCUT2D eigenvalue weighted by atomic mass is 9.96. The molecule has 2 aliphatic heterocycles. The zero-order valence-corrected chi connectivity index (χ0v) is 31.0. The molecule has 0 bridgehead atoms. The zero-order chi connectivity index (χ0) is 37.5. The molecule has 2 amide bonds. The molecule has 4 aromatic rings. The van der Waals surface area contributed by atoms with Crippen LogP contribution in [-0.4, -0.2) is 76.1 Å². The van der Waals surface area contributed by atoms with Crippen molar-refractivity contribution in [2.45, 2.75) is 67.2 Å². The van der Waals surface area contributed by atoms with Gasteiger partial charge in [0.2, 0.25) is 11.8 Å². The fourth-order valence-electron chi connectivity index (χ4n) is 7.07. The van der Waals surface area contributed by atoms with Crippen LogP contribution >= 0.6 is 0 Å². The van der Waals surface area contributed by atoms with Crippen LogP contribution in [0.3, 0.4) is 0 Å². The minimum atomic E-state index is -0.373. The number of hydrogen-bond acceptors (Lipinski definition) is 11. The van der Waals surface area contributed by atoms with Gasteiger partial charge in [0.05, 0.1) is 27.7 Å². The second kappa shape index (κ2) is 16.7. The predicted octanol–water partition coefficient (Wildman–Crippen LogP) is 6.75. The van der Waals surface area contributed by atoms with Crippen molar-refractivity contribution in [2.24, 2.45) is 11.8 Å². The number of nitrogen functional groups attached to an aromatic ring is 1. The Kier molecular flexibility index (Phi) is 12.2. The number of carbonyl (C=O) groups excluding carboxylic acids is 2. The number of piperidine rings is 2. The molecular formula is C38H50N8O6. The maximum Gasteiger partial charge on any atom is 0.292 e. The quantitative estimate of drug-likeness (QED) is 0.0946. The first-order valence-corrected chi connectivity index (χ1v) is 17.9. The molecule has 2 aliphatic rings. The summed E-state index contributed by atoms with van der Waals surface area (Å²) >= 11 is 0. The second-order valence-electron chi connectivity index (χ2n) is 13.9. The monoisotopic (exact) mass is 714 g/mol. The van der Waals surface area contributed by atoms with Gasteiger partial charge in [-0.05, 0) is 94.5 Å². The lowest BCUT2D eigenvalue weighted by molar-refractivity contribution is -0.383. The number of nitrogens with two attached hydrogens (primary N) is 1. The number of carbonyl (C=O) groups is 2. The summed E-state index contributed by atoms with van der Waals surface area (Å²) < 4.78 is 10.4. The topological polar surface area (TPSA) is 186 Å². The van der Waals surface area contributed by atoms with Crippen molar-refractivity contribution in [1.82, 2.24) is 20.1 Å². The van der Waals surface area contributed by atoms with Crippen LogP contribution in [0, 0.1) is 49.6 Å². The summed E-state index contributed by atoms with van der Waals surface area (Å²) in [5.74, 6) is 2.67. The molecule has 2 saturated heterocycles. The third kappa shape index (κ3) is 9.09. The molecule has 4 heterocycles. The molecule has 2 aromatic carbocycles. The highest BCUT2D eigenvalue weighted by Gasteiger charge is 2.24. The van der Waals surface area contributed by atoms with Gasteiger partial charge in [0.15, 0.2) is 0 Å². The van der Waals surface area contributed by atoms with Gasteiger partial charge in [-0.1, -0.05) is 22.4 Å². The van der Waals surface area contributed by atoms with E-state index >= 15 is 0 Å². The Morgan fingerprint density at radius 2 is 1.19 bits per heavy atom. The lowest BCUT2D eigenvalue weighted by Gasteiger charge is -2.31. The molecule has 0 unspecified atom stereocenters. The first kappa shape index (κ1) is 37.8. The molecule has 2 aromatic heterocycles. The normalized spacial score (nSPS) is 15.2. The Labute approximate surface area is 304 Å². The molecular weight excluding hydrogens is 664 g/mol. The van der Waals surface area contributed by atoms with Gasteiger partial charge in [0, 0.05) is 70.3 Å². The van der Waals surface area contributed by atoms with Crippen LogP contribution in [0.1, 0.15) is 62.4 Å². The maximum atomic E-state index is 11.6. The van der Waals surface area contributed by atoms with Crippen LogP contribution in [0.15, 0.2) is 45.4 Å². The summed E-state index contributed by atoms with van der Waals surface area (Å²) in [5, 5.41) is 26.2. The van der Waals surface area contributed by atoms with Crippen LogP contribution in [0.4, 0.5) is 22.7 Å². The van der Waals surface area contributed by atoms with E-state index in [1.54, 1.807) is 32.9 Å². The zero-order valence-electron chi connectivity index (χ0n) is 31.0. The summed E-state index contributed by atoms with van der Waals surface area (Å²) in [4.78, 5) is 37.8. The van der Waals surface area contributed by atoms with E-state index in [2.05, 4.69) is 20.9 Å². The predicted molar refractivity (Wildman–Crippen MR) is 201 cm³/mol. The number of nitro benzene ring substituents is 1. The van der Waals surface area contributed by atoms with Crippen molar-refractivity contribution in [3.8, 4) is 22.3 Å². The van der Waals surface area contributed by atoms with E-state index in [1.807, 2.05) is 54.8 Å². The number of nitrogens with one attached hydrogen (secondary N) is 2. The Balaban J connectivity index is 0.000000202. The highest BCUT2D eigenvalue weighted by atomic mass is 16.6. The fourth-order valence-corrected chi connectivity index (χ4v) is 7.07. The van der Waals surface area contributed by atoms with Gasteiger partial charge < -0.3 is 35.2 Å². The Hall–Kier alpha value is -5.40. The summed E-state index contributed by atoms with van der Waals surface area (Å²) in [6.07, 6.45) is 3.86. The molecule has 0 radical (unpaired) electrons. The molecule has 0 atom stereocenters. The molecule has 14 nitrogen and oxygen atoms in total. The summed E-state index contributed by atoms with van der Waals surface area (Å²) in [6.45, 7) is 15.4. The van der Waals surface area contributed by atoms with Gasteiger partial charge >= 0.3 is 0 Å². The summed E-state index contributed by atoms with van der Waals surface area (Å²) in [5.41, 5.74) is 13.6. The van der Waals surface area contributed by atoms with Crippen LogP contribution in [0.25, 0.3) is 22.3 Å². The minimum absolute atomic E-state index is 0.0358. The van der Waals surface area contributed by atoms with E-state index in [0.717, 1.165) is 103 Å². The Bertz CT molecular complexity index is 1850. The number of amides is 2. The number of rotatable bonds is 9. The van der Waals surface area contributed by atoms with Gasteiger partial charge in [0.25, 0.3) is 5.69 Å². The van der Waals surface area contributed by atoms with Gasteiger partial charge in [0.1, 0.15) is 17.2 Å². The van der Waals surface area contributed by atoms with E-state index < -0.39 is 0 Å². The summed E-state index contributed by atoms with van der Waals surface area (Å²) in [7, 11) is 0. The molecule has 278 valence electrons. The first-order valence-electron chi connectivity index (χ1n) is 17.9. The third-order valence-electron chi connectivity index (χ3n) is 10.2. The first-order chi connectivity index (χ1) is 24.8. The fraction of sp³-hybridized carbons (Fsp3) is 0.474. The highest BCUT2D eigenvalue weighted by Crippen LogP contribution is 2.35. The van der Waals surface area contributed by atoms with Crippen LogP contribution < -0.4 is 16.4 Å². The number of nitro groups is 1. The van der Waals surface area contributed by atoms with Crippen LogP contribution in [-0.2, 0) is 9.59 Å². The summed E-state index contributed by atoms with van der Waals surface area (Å²) in [6, 6.07) is 11.2. The molecule has 52 heavy (non-hydrogen) atoms. The molecule has 0 saturated carbocycles. The van der Waals surface area contributed by atoms with Gasteiger partial charge in [-0.15, -0.1) is 0 Å². The minimum Gasteiger partial charge on any atom is -0.397 e. The van der Waals surface area contributed by atoms with Crippen molar-refractivity contribution >= 4 is 34.6 Å². The molecule has 2 fully saturated rings.